The van der Waals surface area contributed by atoms with E-state index < -0.39 is 0 Å². The van der Waals surface area contributed by atoms with Gasteiger partial charge in [-0.3, -0.25) is 9.59 Å². The Morgan fingerprint density at radius 3 is 2.39 bits per heavy atom. The first-order valence-corrected chi connectivity index (χ1v) is 6.88. The Balaban J connectivity index is 2.18. The monoisotopic (exact) mass is 255 g/mol. The molecule has 0 unspecified atom stereocenters. The fourth-order valence-corrected chi connectivity index (χ4v) is 2.42. The van der Waals surface area contributed by atoms with Crippen molar-refractivity contribution in [3.8, 4) is 0 Å². The van der Waals surface area contributed by atoms with Gasteiger partial charge in [0.05, 0.1) is 0 Å². The van der Waals surface area contributed by atoms with E-state index in [4.69, 9.17) is 5.73 Å². The van der Waals surface area contributed by atoms with Crippen molar-refractivity contribution < 1.29 is 9.59 Å². The van der Waals surface area contributed by atoms with Crippen molar-refractivity contribution in [3.63, 3.8) is 0 Å². The summed E-state index contributed by atoms with van der Waals surface area (Å²) in [5.41, 5.74) is 5.87. The molecule has 1 saturated carbocycles. The SMILES string of the molecule is CCNC(=O)CCNC(=O)CC1(N)CCCCC1. The van der Waals surface area contributed by atoms with Gasteiger partial charge >= 0.3 is 0 Å². The first kappa shape index (κ1) is 15.0. The lowest BCUT2D eigenvalue weighted by Gasteiger charge is -2.32. The van der Waals surface area contributed by atoms with Gasteiger partial charge in [0.1, 0.15) is 0 Å². The summed E-state index contributed by atoms with van der Waals surface area (Å²) >= 11 is 0. The minimum Gasteiger partial charge on any atom is -0.356 e. The number of nitrogens with two attached hydrogens (primary N) is 1. The number of nitrogens with one attached hydrogen (secondary N) is 2. The zero-order chi connectivity index (χ0) is 13.4. The molecule has 0 bridgehead atoms. The van der Waals surface area contributed by atoms with E-state index in [1.54, 1.807) is 0 Å². The molecule has 0 atom stereocenters. The van der Waals surface area contributed by atoms with Crippen LogP contribution in [0.4, 0.5) is 0 Å². The van der Waals surface area contributed by atoms with Crippen LogP contribution >= 0.6 is 0 Å². The molecule has 5 nitrogen and oxygen atoms in total. The van der Waals surface area contributed by atoms with Crippen molar-refractivity contribution in [2.45, 2.75) is 57.4 Å². The molecule has 0 saturated heterocycles. The Morgan fingerprint density at radius 2 is 1.78 bits per heavy atom. The minimum absolute atomic E-state index is 0.0297. The summed E-state index contributed by atoms with van der Waals surface area (Å²) in [4.78, 5) is 22.9. The van der Waals surface area contributed by atoms with E-state index in [1.165, 1.54) is 6.42 Å². The minimum atomic E-state index is -0.325. The number of carbonyl (C=O) groups excluding carboxylic acids is 2. The van der Waals surface area contributed by atoms with Crippen LogP contribution in [0.2, 0.25) is 0 Å². The molecular formula is C13H25N3O2. The van der Waals surface area contributed by atoms with Crippen molar-refractivity contribution in [2.24, 2.45) is 5.73 Å². The second-order valence-corrected chi connectivity index (χ2v) is 5.15. The molecule has 0 aromatic rings. The average Bonchev–Trinajstić information content (AvgIpc) is 2.29. The molecule has 1 aliphatic rings. The van der Waals surface area contributed by atoms with Gasteiger partial charge in [-0.2, -0.15) is 0 Å². The molecule has 1 aliphatic carbocycles. The van der Waals surface area contributed by atoms with E-state index >= 15 is 0 Å². The van der Waals surface area contributed by atoms with Crippen LogP contribution in [0.15, 0.2) is 0 Å². The van der Waals surface area contributed by atoms with E-state index in [2.05, 4.69) is 10.6 Å². The molecule has 0 aromatic heterocycles. The van der Waals surface area contributed by atoms with Crippen molar-refractivity contribution in [1.82, 2.24) is 10.6 Å². The molecule has 0 aromatic carbocycles. The Morgan fingerprint density at radius 1 is 1.11 bits per heavy atom. The Kier molecular flexibility index (Phi) is 6.12. The van der Waals surface area contributed by atoms with Crippen molar-refractivity contribution in [3.05, 3.63) is 0 Å². The second kappa shape index (κ2) is 7.36. The summed E-state index contributed by atoms with van der Waals surface area (Å²) in [5, 5.41) is 5.46. The summed E-state index contributed by atoms with van der Waals surface area (Å²) in [5.74, 6) is -0.0679. The predicted molar refractivity (Wildman–Crippen MR) is 70.9 cm³/mol. The van der Waals surface area contributed by atoms with Crippen molar-refractivity contribution in [2.75, 3.05) is 13.1 Å². The zero-order valence-electron chi connectivity index (χ0n) is 11.3. The second-order valence-electron chi connectivity index (χ2n) is 5.15. The number of amides is 2. The van der Waals surface area contributed by atoms with Crippen LogP contribution in [0, 0.1) is 0 Å². The van der Waals surface area contributed by atoms with Gasteiger partial charge in [-0.1, -0.05) is 19.3 Å². The van der Waals surface area contributed by atoms with Crippen LogP contribution in [-0.2, 0) is 9.59 Å². The molecule has 1 fully saturated rings. The molecule has 0 radical (unpaired) electrons. The highest BCUT2D eigenvalue weighted by Gasteiger charge is 2.29. The number of hydrogen-bond acceptors (Lipinski definition) is 3. The van der Waals surface area contributed by atoms with E-state index in [9.17, 15) is 9.59 Å². The number of hydrogen-bond donors (Lipinski definition) is 3. The number of carbonyl (C=O) groups is 2. The first-order valence-electron chi connectivity index (χ1n) is 6.88. The normalized spacial score (nSPS) is 18.1. The molecule has 4 N–H and O–H groups in total. The summed E-state index contributed by atoms with van der Waals surface area (Å²) in [6.45, 7) is 2.89. The van der Waals surface area contributed by atoms with Gasteiger partial charge < -0.3 is 16.4 Å². The van der Waals surface area contributed by atoms with Gasteiger partial charge in [0.2, 0.25) is 11.8 Å². The quantitative estimate of drug-likeness (QED) is 0.652. The van der Waals surface area contributed by atoms with E-state index in [0.29, 0.717) is 25.9 Å². The van der Waals surface area contributed by atoms with E-state index in [1.807, 2.05) is 6.92 Å². The first-order chi connectivity index (χ1) is 8.56. The third-order valence-corrected chi connectivity index (χ3v) is 3.41. The predicted octanol–water partition coefficient (Wildman–Crippen LogP) is 0.681. The lowest BCUT2D eigenvalue weighted by Crippen LogP contribution is -2.46. The van der Waals surface area contributed by atoms with Crippen LogP contribution in [0.1, 0.15) is 51.9 Å². The molecule has 18 heavy (non-hydrogen) atoms. The summed E-state index contributed by atoms with van der Waals surface area (Å²) in [6.07, 6.45) is 6.01. The fraction of sp³-hybridized carbons (Fsp3) is 0.846. The molecular weight excluding hydrogens is 230 g/mol. The van der Waals surface area contributed by atoms with Crippen LogP contribution in [0.5, 0.6) is 0 Å². The zero-order valence-corrected chi connectivity index (χ0v) is 11.3. The van der Waals surface area contributed by atoms with Crippen molar-refractivity contribution >= 4 is 11.8 Å². The van der Waals surface area contributed by atoms with Crippen LogP contribution < -0.4 is 16.4 Å². The highest BCUT2D eigenvalue weighted by Crippen LogP contribution is 2.28. The average molecular weight is 255 g/mol. The van der Waals surface area contributed by atoms with Gasteiger partial charge in [0, 0.05) is 31.5 Å². The maximum Gasteiger partial charge on any atom is 0.221 e. The Labute approximate surface area is 109 Å². The maximum absolute atomic E-state index is 11.7. The summed E-state index contributed by atoms with van der Waals surface area (Å²) < 4.78 is 0. The molecule has 1 rings (SSSR count). The van der Waals surface area contributed by atoms with E-state index in [-0.39, 0.29) is 17.4 Å². The summed E-state index contributed by atoms with van der Waals surface area (Å²) in [7, 11) is 0. The summed E-state index contributed by atoms with van der Waals surface area (Å²) in [6, 6.07) is 0. The highest BCUT2D eigenvalue weighted by molar-refractivity contribution is 5.79. The third-order valence-electron chi connectivity index (χ3n) is 3.41. The Bertz CT molecular complexity index is 286. The third kappa shape index (κ3) is 5.49. The molecule has 0 spiro atoms. The smallest absolute Gasteiger partial charge is 0.221 e. The van der Waals surface area contributed by atoms with Gasteiger partial charge in [-0.15, -0.1) is 0 Å². The van der Waals surface area contributed by atoms with Gasteiger partial charge in [-0.25, -0.2) is 0 Å². The van der Waals surface area contributed by atoms with E-state index in [0.717, 1.165) is 25.7 Å². The van der Waals surface area contributed by atoms with Gasteiger partial charge in [-0.05, 0) is 19.8 Å². The maximum atomic E-state index is 11.7. The van der Waals surface area contributed by atoms with Crippen LogP contribution in [-0.4, -0.2) is 30.4 Å². The molecule has 5 heteroatoms. The Hall–Kier alpha value is -1.10. The topological polar surface area (TPSA) is 84.2 Å². The van der Waals surface area contributed by atoms with Gasteiger partial charge in [0.15, 0.2) is 0 Å². The molecule has 2 amide bonds. The fourth-order valence-electron chi connectivity index (χ4n) is 2.42. The largest absolute Gasteiger partial charge is 0.356 e. The number of rotatable bonds is 6. The molecule has 104 valence electrons. The lowest BCUT2D eigenvalue weighted by atomic mass is 9.80. The van der Waals surface area contributed by atoms with Crippen LogP contribution in [0.3, 0.4) is 0 Å². The van der Waals surface area contributed by atoms with Gasteiger partial charge in [0.25, 0.3) is 0 Å². The van der Waals surface area contributed by atoms with Crippen molar-refractivity contribution in [1.29, 1.82) is 0 Å². The van der Waals surface area contributed by atoms with Crippen LogP contribution in [0.25, 0.3) is 0 Å². The molecule has 0 aliphatic heterocycles. The standard InChI is InChI=1S/C13H25N3O2/c1-2-15-11(17)6-9-16-12(18)10-13(14)7-4-3-5-8-13/h2-10,14H2,1H3,(H,15,17)(H,16,18). The lowest BCUT2D eigenvalue weighted by molar-refractivity contribution is -0.123. The molecule has 0 heterocycles. The highest BCUT2D eigenvalue weighted by atomic mass is 16.2.